The number of nitrogens with two attached hydrogens (primary N) is 1. The van der Waals surface area contributed by atoms with E-state index in [-0.39, 0.29) is 29.4 Å². The van der Waals surface area contributed by atoms with Crippen LogP contribution in [0.3, 0.4) is 0 Å². The van der Waals surface area contributed by atoms with Gasteiger partial charge in [0.1, 0.15) is 6.04 Å². The second-order valence-electron chi connectivity index (χ2n) is 4.11. The molecule has 1 aliphatic rings. The summed E-state index contributed by atoms with van der Waals surface area (Å²) in [6, 6.07) is 0.583. The number of hydrogen-bond donors (Lipinski definition) is 1. The molecule has 1 heterocycles. The molecular formula is C12H24BrClN2. The average Bonchev–Trinajstić information content (AvgIpc) is 2.20. The van der Waals surface area contributed by atoms with Crippen molar-refractivity contribution in [3.63, 3.8) is 0 Å². The second-order valence-corrected chi connectivity index (χ2v) is 4.11. The first-order chi connectivity index (χ1) is 6.68. The van der Waals surface area contributed by atoms with Crippen molar-refractivity contribution in [3.05, 3.63) is 23.9 Å². The minimum Gasteiger partial charge on any atom is -1.00 e. The normalized spacial score (nSPS) is 21.8. The lowest BCUT2D eigenvalue weighted by molar-refractivity contribution is -0.895. The summed E-state index contributed by atoms with van der Waals surface area (Å²) in [6.07, 6.45) is 8.04. The largest absolute Gasteiger partial charge is 1.00 e. The van der Waals surface area contributed by atoms with Crippen LogP contribution in [0.25, 0.3) is 0 Å². The van der Waals surface area contributed by atoms with Crippen LogP contribution < -0.4 is 22.7 Å². The number of allylic oxidation sites excluding steroid dienone is 2. The molecule has 0 radical (unpaired) electrons. The van der Waals surface area contributed by atoms with E-state index in [2.05, 4.69) is 39.1 Å². The van der Waals surface area contributed by atoms with Gasteiger partial charge in [0.05, 0.1) is 19.3 Å². The molecule has 2 nitrogen and oxygen atoms in total. The van der Waals surface area contributed by atoms with Gasteiger partial charge >= 0.3 is 0 Å². The monoisotopic (exact) mass is 310 g/mol. The van der Waals surface area contributed by atoms with E-state index in [1.165, 1.54) is 5.57 Å². The topological polar surface area (TPSA) is 26.0 Å². The van der Waals surface area contributed by atoms with E-state index in [1.54, 1.807) is 0 Å². The molecule has 0 aliphatic carbocycles. The van der Waals surface area contributed by atoms with E-state index in [0.29, 0.717) is 6.04 Å². The van der Waals surface area contributed by atoms with Gasteiger partial charge in [0.25, 0.3) is 0 Å². The van der Waals surface area contributed by atoms with Crippen LogP contribution in [0.5, 0.6) is 0 Å². The predicted octanol–water partition coefficient (Wildman–Crippen LogP) is -0.540. The molecule has 1 atom stereocenters. The average molecular weight is 312 g/mol. The summed E-state index contributed by atoms with van der Waals surface area (Å²) in [5.74, 6) is 0. The zero-order valence-corrected chi connectivity index (χ0v) is 12.9. The lowest BCUT2D eigenvalue weighted by Crippen LogP contribution is -3.00. The fourth-order valence-electron chi connectivity index (χ4n) is 2.30. The maximum Gasteiger partial charge on any atom is 0.114 e. The smallest absolute Gasteiger partial charge is 0.114 e. The summed E-state index contributed by atoms with van der Waals surface area (Å²) in [7, 11) is 0. The third kappa shape index (κ3) is 3.88. The molecule has 0 aromatic carbocycles. The zero-order valence-electron chi connectivity index (χ0n) is 10.4. The number of rotatable bonds is 4. The maximum absolute atomic E-state index is 5.67. The van der Waals surface area contributed by atoms with Gasteiger partial charge < -0.3 is 22.7 Å². The predicted molar refractivity (Wildman–Crippen MR) is 68.9 cm³/mol. The number of nitrogens with zero attached hydrogens (tertiary/aromatic N) is 1. The van der Waals surface area contributed by atoms with Gasteiger partial charge in [-0.15, -0.1) is 12.4 Å². The summed E-state index contributed by atoms with van der Waals surface area (Å²) in [5, 5.41) is 0. The van der Waals surface area contributed by atoms with Crippen molar-refractivity contribution in [1.82, 2.24) is 0 Å². The van der Waals surface area contributed by atoms with E-state index >= 15 is 0 Å². The first kappa shape index (κ1) is 18.5. The van der Waals surface area contributed by atoms with E-state index < -0.39 is 0 Å². The highest BCUT2D eigenvalue weighted by atomic mass is 79.9. The van der Waals surface area contributed by atoms with Crippen molar-refractivity contribution >= 4 is 12.4 Å². The summed E-state index contributed by atoms with van der Waals surface area (Å²) in [4.78, 5) is 0. The molecule has 0 amide bonds. The summed E-state index contributed by atoms with van der Waals surface area (Å²) in [5.41, 5.74) is 7.05. The van der Waals surface area contributed by atoms with E-state index in [9.17, 15) is 0 Å². The lowest BCUT2D eigenvalue weighted by Gasteiger charge is -2.41. The second kappa shape index (κ2) is 8.29. The Morgan fingerprint density at radius 2 is 1.88 bits per heavy atom. The molecule has 0 spiro atoms. The molecule has 0 aromatic heterocycles. The van der Waals surface area contributed by atoms with Crippen LogP contribution in [0.15, 0.2) is 23.9 Å². The van der Waals surface area contributed by atoms with Gasteiger partial charge in [-0.25, -0.2) is 0 Å². The quantitative estimate of drug-likeness (QED) is 0.694. The molecule has 0 saturated heterocycles. The van der Waals surface area contributed by atoms with Gasteiger partial charge in [-0.05, 0) is 45.0 Å². The number of likely N-dealkylation sites (N-methyl/N-ethyl adjacent to an activating group) is 1. The molecule has 1 rings (SSSR count). The van der Waals surface area contributed by atoms with Gasteiger partial charge in [-0.3, -0.25) is 4.48 Å². The molecule has 0 fully saturated rings. The minimum absolute atomic E-state index is 0. The van der Waals surface area contributed by atoms with Crippen LogP contribution in [-0.4, -0.2) is 30.2 Å². The highest BCUT2D eigenvalue weighted by molar-refractivity contribution is 5.85. The maximum atomic E-state index is 5.67. The van der Waals surface area contributed by atoms with Crippen LogP contribution in [0.2, 0.25) is 0 Å². The summed E-state index contributed by atoms with van der Waals surface area (Å²) < 4.78 is 1.06. The molecule has 0 bridgehead atoms. The summed E-state index contributed by atoms with van der Waals surface area (Å²) >= 11 is 0. The van der Waals surface area contributed by atoms with Crippen molar-refractivity contribution in [2.24, 2.45) is 5.73 Å². The number of halogens is 2. The molecule has 0 saturated carbocycles. The Bertz CT molecular complexity index is 247. The molecular weight excluding hydrogens is 288 g/mol. The molecule has 4 heteroatoms. The molecule has 96 valence electrons. The molecule has 1 aliphatic heterocycles. The van der Waals surface area contributed by atoms with E-state index in [4.69, 9.17) is 5.73 Å². The Hall–Kier alpha value is 0.170. The number of quaternary nitrogens is 1. The van der Waals surface area contributed by atoms with Crippen LogP contribution >= 0.6 is 12.4 Å². The van der Waals surface area contributed by atoms with Crippen LogP contribution in [0, 0.1) is 0 Å². The molecule has 16 heavy (non-hydrogen) atoms. The van der Waals surface area contributed by atoms with Crippen molar-refractivity contribution < 1.29 is 21.5 Å². The van der Waals surface area contributed by atoms with E-state index in [1.807, 2.05) is 0 Å². The highest BCUT2D eigenvalue weighted by Crippen LogP contribution is 2.24. The van der Waals surface area contributed by atoms with Gasteiger partial charge in [0.2, 0.25) is 0 Å². The van der Waals surface area contributed by atoms with Crippen LogP contribution in [0.4, 0.5) is 0 Å². The molecule has 1 unspecified atom stereocenters. The van der Waals surface area contributed by atoms with Crippen LogP contribution in [-0.2, 0) is 0 Å². The third-order valence-corrected chi connectivity index (χ3v) is 3.39. The van der Waals surface area contributed by atoms with Crippen LogP contribution in [0.1, 0.15) is 27.2 Å². The molecule has 0 aromatic rings. The lowest BCUT2D eigenvalue weighted by atomic mass is 10.0. The number of hydrogen-bond acceptors (Lipinski definition) is 1. The van der Waals surface area contributed by atoms with Crippen molar-refractivity contribution in [2.75, 3.05) is 19.6 Å². The fraction of sp³-hybridized carbons (Fsp3) is 0.667. The van der Waals surface area contributed by atoms with Gasteiger partial charge in [-0.2, -0.15) is 0 Å². The van der Waals surface area contributed by atoms with Gasteiger partial charge in [0, 0.05) is 6.42 Å². The summed E-state index contributed by atoms with van der Waals surface area (Å²) in [6.45, 7) is 9.77. The Kier molecular flexibility index (Phi) is 9.60. The zero-order chi connectivity index (χ0) is 10.6. The van der Waals surface area contributed by atoms with E-state index in [0.717, 1.165) is 30.5 Å². The molecule has 2 N–H and O–H groups in total. The Labute approximate surface area is 116 Å². The Morgan fingerprint density at radius 3 is 2.31 bits per heavy atom. The van der Waals surface area contributed by atoms with Crippen molar-refractivity contribution in [2.45, 2.75) is 33.2 Å². The van der Waals surface area contributed by atoms with Crippen molar-refractivity contribution in [1.29, 1.82) is 0 Å². The SMILES string of the molecule is CC[N+]1(CC)C=CC(C)=CC1CCN.Cl.[Br-]. The van der Waals surface area contributed by atoms with Gasteiger partial charge in [0.15, 0.2) is 0 Å². The van der Waals surface area contributed by atoms with Gasteiger partial charge in [-0.1, -0.05) is 0 Å². The van der Waals surface area contributed by atoms with Crippen molar-refractivity contribution in [3.8, 4) is 0 Å². The first-order valence-electron chi connectivity index (χ1n) is 5.62. The third-order valence-electron chi connectivity index (χ3n) is 3.39. The highest BCUT2D eigenvalue weighted by Gasteiger charge is 2.31. The Balaban J connectivity index is 0. The Morgan fingerprint density at radius 1 is 1.31 bits per heavy atom. The first-order valence-corrected chi connectivity index (χ1v) is 5.62. The fourth-order valence-corrected chi connectivity index (χ4v) is 2.30. The minimum atomic E-state index is 0. The standard InChI is InChI=1S/C12H23N2.BrH.ClH/c1-4-14(5-2)9-7-11(3)10-12(14)6-8-13;;/h7,9-10,12H,4-6,8,13H2,1-3H3;2*1H/q+1;;/p-1.